The summed E-state index contributed by atoms with van der Waals surface area (Å²) in [7, 11) is 0. The Morgan fingerprint density at radius 2 is 1.75 bits per heavy atom. The summed E-state index contributed by atoms with van der Waals surface area (Å²) in [6.07, 6.45) is 0. The van der Waals surface area contributed by atoms with Crippen LogP contribution in [0.5, 0.6) is 0 Å². The first-order valence-electron chi connectivity index (χ1n) is 4.28. The summed E-state index contributed by atoms with van der Waals surface area (Å²) in [4.78, 5) is 0. The van der Waals surface area contributed by atoms with E-state index in [1.165, 1.54) is 16.7 Å². The molecular weight excluding hydrogens is 146 g/mol. The van der Waals surface area contributed by atoms with Crippen molar-refractivity contribution in [1.82, 2.24) is 0 Å². The van der Waals surface area contributed by atoms with Crippen LogP contribution < -0.4 is 5.73 Å². The lowest BCUT2D eigenvalue weighted by molar-refractivity contribution is 0.550. The van der Waals surface area contributed by atoms with E-state index in [0.29, 0.717) is 0 Å². The average molecular weight is 163 g/mol. The molecule has 0 saturated heterocycles. The minimum atomic E-state index is -0.226. The molecule has 66 valence electrons. The highest BCUT2D eigenvalue weighted by Crippen LogP contribution is 2.22. The van der Waals surface area contributed by atoms with Gasteiger partial charge >= 0.3 is 0 Å². The molecule has 0 spiro atoms. The molecule has 0 atom stereocenters. The normalized spacial score (nSPS) is 11.8. The van der Waals surface area contributed by atoms with Gasteiger partial charge in [0.05, 0.1) is 0 Å². The SMILES string of the molecule is Cc1cccc(C(C)(C)N)c1C. The fourth-order valence-corrected chi connectivity index (χ4v) is 1.45. The van der Waals surface area contributed by atoms with Crippen LogP contribution in [0, 0.1) is 13.8 Å². The fourth-order valence-electron chi connectivity index (χ4n) is 1.45. The zero-order valence-corrected chi connectivity index (χ0v) is 8.31. The maximum absolute atomic E-state index is 6.03. The Bertz CT molecular complexity index is 282. The molecule has 0 aliphatic rings. The second-order valence-electron chi connectivity index (χ2n) is 3.97. The van der Waals surface area contributed by atoms with Gasteiger partial charge in [0.15, 0.2) is 0 Å². The third-order valence-electron chi connectivity index (χ3n) is 2.30. The van der Waals surface area contributed by atoms with Crippen LogP contribution in [0.2, 0.25) is 0 Å². The first-order chi connectivity index (χ1) is 5.43. The Hall–Kier alpha value is -0.820. The molecule has 0 bridgehead atoms. The minimum absolute atomic E-state index is 0.226. The largest absolute Gasteiger partial charge is 0.322 e. The highest BCUT2D eigenvalue weighted by atomic mass is 14.7. The van der Waals surface area contributed by atoms with E-state index in [9.17, 15) is 0 Å². The van der Waals surface area contributed by atoms with E-state index in [-0.39, 0.29) is 5.54 Å². The van der Waals surface area contributed by atoms with E-state index in [4.69, 9.17) is 5.73 Å². The van der Waals surface area contributed by atoms with E-state index in [1.807, 2.05) is 13.8 Å². The van der Waals surface area contributed by atoms with Crippen LogP contribution >= 0.6 is 0 Å². The summed E-state index contributed by atoms with van der Waals surface area (Å²) in [5.41, 5.74) is 9.66. The van der Waals surface area contributed by atoms with Crippen molar-refractivity contribution >= 4 is 0 Å². The molecule has 0 aliphatic heterocycles. The van der Waals surface area contributed by atoms with Crippen molar-refractivity contribution in [3.63, 3.8) is 0 Å². The molecule has 0 aliphatic carbocycles. The van der Waals surface area contributed by atoms with Gasteiger partial charge in [-0.1, -0.05) is 18.2 Å². The van der Waals surface area contributed by atoms with Crippen LogP contribution in [-0.2, 0) is 5.54 Å². The van der Waals surface area contributed by atoms with E-state index >= 15 is 0 Å². The predicted octanol–water partition coefficient (Wildman–Crippen LogP) is 2.50. The third-order valence-corrected chi connectivity index (χ3v) is 2.30. The second kappa shape index (κ2) is 2.91. The van der Waals surface area contributed by atoms with Crippen molar-refractivity contribution in [1.29, 1.82) is 0 Å². The summed E-state index contributed by atoms with van der Waals surface area (Å²) in [5.74, 6) is 0. The van der Waals surface area contributed by atoms with Crippen LogP contribution in [0.15, 0.2) is 18.2 Å². The number of hydrogen-bond acceptors (Lipinski definition) is 1. The van der Waals surface area contributed by atoms with Crippen LogP contribution in [0.4, 0.5) is 0 Å². The minimum Gasteiger partial charge on any atom is -0.322 e. The molecule has 1 nitrogen and oxygen atoms in total. The number of aryl methyl sites for hydroxylation is 1. The van der Waals surface area contributed by atoms with Crippen LogP contribution in [0.1, 0.15) is 30.5 Å². The Kier molecular flexibility index (Phi) is 2.25. The smallest absolute Gasteiger partial charge is 0.0355 e. The molecule has 0 heterocycles. The lowest BCUT2D eigenvalue weighted by atomic mass is 9.89. The summed E-state index contributed by atoms with van der Waals surface area (Å²) in [6, 6.07) is 6.28. The summed E-state index contributed by atoms with van der Waals surface area (Å²) in [6.45, 7) is 8.31. The molecule has 0 radical (unpaired) electrons. The van der Waals surface area contributed by atoms with Crippen LogP contribution in [0.25, 0.3) is 0 Å². The van der Waals surface area contributed by atoms with Crippen LogP contribution in [-0.4, -0.2) is 0 Å². The summed E-state index contributed by atoms with van der Waals surface area (Å²) < 4.78 is 0. The Morgan fingerprint density at radius 1 is 1.17 bits per heavy atom. The lowest BCUT2D eigenvalue weighted by Gasteiger charge is -2.22. The van der Waals surface area contributed by atoms with Gasteiger partial charge in [-0.3, -0.25) is 0 Å². The van der Waals surface area contributed by atoms with Crippen molar-refractivity contribution in [2.45, 2.75) is 33.2 Å². The van der Waals surface area contributed by atoms with Crippen molar-refractivity contribution in [3.8, 4) is 0 Å². The maximum Gasteiger partial charge on any atom is 0.0355 e. The zero-order chi connectivity index (χ0) is 9.35. The monoisotopic (exact) mass is 163 g/mol. The lowest BCUT2D eigenvalue weighted by Crippen LogP contribution is -2.29. The van der Waals surface area contributed by atoms with Crippen molar-refractivity contribution < 1.29 is 0 Å². The molecular formula is C11H17N. The maximum atomic E-state index is 6.03. The Balaban J connectivity index is 3.26. The molecule has 0 unspecified atom stereocenters. The van der Waals surface area contributed by atoms with Gasteiger partial charge in [-0.2, -0.15) is 0 Å². The number of nitrogens with two attached hydrogens (primary N) is 1. The first-order valence-corrected chi connectivity index (χ1v) is 4.28. The highest BCUT2D eigenvalue weighted by molar-refractivity contribution is 5.36. The van der Waals surface area contributed by atoms with E-state index < -0.39 is 0 Å². The first kappa shape index (κ1) is 9.27. The van der Waals surface area contributed by atoms with E-state index in [0.717, 1.165) is 0 Å². The molecule has 0 amide bonds. The van der Waals surface area contributed by atoms with Gasteiger partial charge in [-0.15, -0.1) is 0 Å². The van der Waals surface area contributed by atoms with Gasteiger partial charge in [0.1, 0.15) is 0 Å². The van der Waals surface area contributed by atoms with Crippen molar-refractivity contribution in [2.75, 3.05) is 0 Å². The molecule has 2 N–H and O–H groups in total. The standard InChI is InChI=1S/C11H17N/c1-8-6-5-7-10(9(8)2)11(3,4)12/h5-7H,12H2,1-4H3. The molecule has 1 aromatic carbocycles. The van der Waals surface area contributed by atoms with Gasteiger partial charge < -0.3 is 5.73 Å². The van der Waals surface area contributed by atoms with Gasteiger partial charge in [0.25, 0.3) is 0 Å². The molecule has 0 saturated carbocycles. The molecule has 12 heavy (non-hydrogen) atoms. The fraction of sp³-hybridized carbons (Fsp3) is 0.455. The number of rotatable bonds is 1. The predicted molar refractivity (Wildman–Crippen MR) is 53.1 cm³/mol. The van der Waals surface area contributed by atoms with Gasteiger partial charge in [-0.25, -0.2) is 0 Å². The van der Waals surface area contributed by atoms with Gasteiger partial charge in [-0.05, 0) is 44.4 Å². The number of hydrogen-bond donors (Lipinski definition) is 1. The number of benzene rings is 1. The highest BCUT2D eigenvalue weighted by Gasteiger charge is 2.16. The Labute approximate surface area is 74.6 Å². The zero-order valence-electron chi connectivity index (χ0n) is 8.31. The summed E-state index contributed by atoms with van der Waals surface area (Å²) >= 11 is 0. The molecule has 0 aromatic heterocycles. The average Bonchev–Trinajstić information content (AvgIpc) is 1.92. The van der Waals surface area contributed by atoms with Gasteiger partial charge in [0, 0.05) is 5.54 Å². The third kappa shape index (κ3) is 1.67. The van der Waals surface area contributed by atoms with Crippen molar-refractivity contribution in [2.24, 2.45) is 5.73 Å². The second-order valence-corrected chi connectivity index (χ2v) is 3.97. The van der Waals surface area contributed by atoms with Crippen LogP contribution in [0.3, 0.4) is 0 Å². The molecule has 1 rings (SSSR count). The van der Waals surface area contributed by atoms with Gasteiger partial charge in [0.2, 0.25) is 0 Å². The Morgan fingerprint density at radius 3 is 2.17 bits per heavy atom. The summed E-state index contributed by atoms with van der Waals surface area (Å²) in [5, 5.41) is 0. The molecule has 1 aromatic rings. The van der Waals surface area contributed by atoms with Crippen molar-refractivity contribution in [3.05, 3.63) is 34.9 Å². The van der Waals surface area contributed by atoms with E-state index in [1.54, 1.807) is 0 Å². The quantitative estimate of drug-likeness (QED) is 0.676. The van der Waals surface area contributed by atoms with E-state index in [2.05, 4.69) is 32.0 Å². The molecule has 0 fully saturated rings. The topological polar surface area (TPSA) is 26.0 Å². The molecule has 1 heteroatoms.